The van der Waals surface area contributed by atoms with Gasteiger partial charge < -0.3 is 9.64 Å². The van der Waals surface area contributed by atoms with E-state index in [0.717, 1.165) is 0 Å². The van der Waals surface area contributed by atoms with Crippen molar-refractivity contribution in [1.29, 1.82) is 0 Å². The monoisotopic (exact) mass is 227 g/mol. The molecule has 1 aliphatic rings. The fraction of sp³-hybridized carbons (Fsp3) is 0.727. The average molecular weight is 227 g/mol. The summed E-state index contributed by atoms with van der Waals surface area (Å²) in [6.45, 7) is 2.69. The average Bonchev–Trinajstić information content (AvgIpc) is 2.28. The molecule has 16 heavy (non-hydrogen) atoms. The number of hydrogen-bond acceptors (Lipinski definition) is 4. The third-order valence-electron chi connectivity index (χ3n) is 2.95. The molecule has 0 aromatic heterocycles. The number of hydrogen-bond donors (Lipinski definition) is 0. The summed E-state index contributed by atoms with van der Waals surface area (Å²) in [4.78, 5) is 35.2. The maximum atomic E-state index is 11.6. The number of carbonyl (C=O) groups is 3. The molecule has 0 radical (unpaired) electrons. The number of carbonyl (C=O) groups excluding carboxylic acids is 3. The molecule has 1 heterocycles. The highest BCUT2D eigenvalue weighted by Crippen LogP contribution is 2.18. The third-order valence-corrected chi connectivity index (χ3v) is 2.95. The molecule has 1 fully saturated rings. The van der Waals surface area contributed by atoms with E-state index in [2.05, 4.69) is 4.74 Å². The molecule has 0 bridgehead atoms. The second-order valence-corrected chi connectivity index (χ2v) is 4.02. The summed E-state index contributed by atoms with van der Waals surface area (Å²) in [7, 11) is 1.26. The molecule has 5 heteroatoms. The highest BCUT2D eigenvalue weighted by atomic mass is 16.5. The normalized spacial score (nSPS) is 17.0. The molecule has 0 saturated carbocycles. The van der Waals surface area contributed by atoms with Crippen molar-refractivity contribution in [2.24, 2.45) is 5.92 Å². The van der Waals surface area contributed by atoms with E-state index < -0.39 is 5.97 Å². The first-order chi connectivity index (χ1) is 7.54. The van der Waals surface area contributed by atoms with Gasteiger partial charge in [-0.15, -0.1) is 0 Å². The Morgan fingerprint density at radius 2 is 1.81 bits per heavy atom. The van der Waals surface area contributed by atoms with E-state index in [1.807, 2.05) is 0 Å². The van der Waals surface area contributed by atoms with Crippen LogP contribution in [0.4, 0.5) is 0 Å². The van der Waals surface area contributed by atoms with Gasteiger partial charge in [0.05, 0.1) is 7.11 Å². The molecule has 0 unspecified atom stereocenters. The molecule has 1 rings (SSSR count). The maximum Gasteiger partial charge on any atom is 0.315 e. The molecule has 0 spiro atoms. The molecule has 0 aliphatic carbocycles. The fourth-order valence-electron chi connectivity index (χ4n) is 1.84. The van der Waals surface area contributed by atoms with E-state index in [-0.39, 0.29) is 24.0 Å². The lowest BCUT2D eigenvalue weighted by molar-refractivity contribution is -0.147. The van der Waals surface area contributed by atoms with Crippen LogP contribution in [-0.2, 0) is 19.1 Å². The standard InChI is InChI=1S/C11H17NO4/c1-8(13)9-3-5-12(6-4-9)10(14)7-11(15)16-2/h9H,3-7H2,1-2H3. The molecule has 1 saturated heterocycles. The van der Waals surface area contributed by atoms with Crippen molar-refractivity contribution >= 4 is 17.7 Å². The quantitative estimate of drug-likeness (QED) is 0.516. The lowest BCUT2D eigenvalue weighted by Gasteiger charge is -2.30. The number of nitrogens with zero attached hydrogens (tertiary/aromatic N) is 1. The number of esters is 1. The second kappa shape index (κ2) is 5.63. The molecule has 90 valence electrons. The van der Waals surface area contributed by atoms with Crippen molar-refractivity contribution in [1.82, 2.24) is 4.90 Å². The molecule has 0 atom stereocenters. The first kappa shape index (κ1) is 12.7. The number of methoxy groups -OCH3 is 1. The van der Waals surface area contributed by atoms with E-state index in [4.69, 9.17) is 0 Å². The topological polar surface area (TPSA) is 63.7 Å². The number of piperidine rings is 1. The van der Waals surface area contributed by atoms with Gasteiger partial charge >= 0.3 is 5.97 Å². The molecule has 0 aromatic carbocycles. The SMILES string of the molecule is COC(=O)CC(=O)N1CCC(C(C)=O)CC1. The zero-order valence-electron chi connectivity index (χ0n) is 9.69. The van der Waals surface area contributed by atoms with Crippen LogP contribution >= 0.6 is 0 Å². The van der Waals surface area contributed by atoms with Crippen LogP contribution < -0.4 is 0 Å². The predicted molar refractivity (Wildman–Crippen MR) is 56.6 cm³/mol. The van der Waals surface area contributed by atoms with Crippen LogP contribution in [0.1, 0.15) is 26.2 Å². The highest BCUT2D eigenvalue weighted by molar-refractivity contribution is 5.94. The summed E-state index contributed by atoms with van der Waals surface area (Å²) in [5, 5.41) is 0. The summed E-state index contributed by atoms with van der Waals surface area (Å²) in [5.41, 5.74) is 0. The zero-order valence-corrected chi connectivity index (χ0v) is 9.69. The van der Waals surface area contributed by atoms with Gasteiger partial charge in [0, 0.05) is 19.0 Å². The van der Waals surface area contributed by atoms with Crippen LogP contribution in [0.5, 0.6) is 0 Å². The maximum absolute atomic E-state index is 11.6. The summed E-state index contributed by atoms with van der Waals surface area (Å²) >= 11 is 0. The van der Waals surface area contributed by atoms with Gasteiger partial charge in [0.1, 0.15) is 12.2 Å². The van der Waals surface area contributed by atoms with E-state index >= 15 is 0 Å². The molecule has 5 nitrogen and oxygen atoms in total. The van der Waals surface area contributed by atoms with Crippen LogP contribution in [0.25, 0.3) is 0 Å². The van der Waals surface area contributed by atoms with E-state index in [0.29, 0.717) is 25.9 Å². The Bertz CT molecular complexity index is 292. The Hall–Kier alpha value is -1.39. The Kier molecular flexibility index (Phi) is 4.46. The minimum absolute atomic E-state index is 0.0715. The minimum atomic E-state index is -0.515. The molecular formula is C11H17NO4. The lowest BCUT2D eigenvalue weighted by atomic mass is 9.93. The van der Waals surface area contributed by atoms with Crippen LogP contribution in [0, 0.1) is 5.92 Å². The summed E-state index contributed by atoms with van der Waals surface area (Å²) in [6, 6.07) is 0. The Morgan fingerprint density at radius 1 is 1.25 bits per heavy atom. The fourth-order valence-corrected chi connectivity index (χ4v) is 1.84. The van der Waals surface area contributed by atoms with Crippen molar-refractivity contribution < 1.29 is 19.1 Å². The van der Waals surface area contributed by atoms with E-state index in [1.54, 1.807) is 11.8 Å². The molecule has 0 aromatic rings. The van der Waals surface area contributed by atoms with Gasteiger partial charge in [-0.25, -0.2) is 0 Å². The summed E-state index contributed by atoms with van der Waals surface area (Å²) in [6.07, 6.45) is 1.19. The van der Waals surface area contributed by atoms with Crippen molar-refractivity contribution in [2.45, 2.75) is 26.2 Å². The molecule has 0 N–H and O–H groups in total. The first-order valence-corrected chi connectivity index (χ1v) is 5.39. The second-order valence-electron chi connectivity index (χ2n) is 4.02. The molecule has 1 amide bonds. The Balaban J connectivity index is 2.38. The van der Waals surface area contributed by atoms with Gasteiger partial charge in [-0.1, -0.05) is 0 Å². The van der Waals surface area contributed by atoms with Crippen LogP contribution in [0.2, 0.25) is 0 Å². The van der Waals surface area contributed by atoms with Crippen LogP contribution in [-0.4, -0.2) is 42.8 Å². The van der Waals surface area contributed by atoms with Crippen molar-refractivity contribution in [3.05, 3.63) is 0 Å². The van der Waals surface area contributed by atoms with E-state index in [9.17, 15) is 14.4 Å². The number of ketones is 1. The summed E-state index contributed by atoms with van der Waals surface area (Å²) in [5.74, 6) is -0.477. The molecular weight excluding hydrogens is 210 g/mol. The highest BCUT2D eigenvalue weighted by Gasteiger charge is 2.26. The zero-order chi connectivity index (χ0) is 12.1. The van der Waals surface area contributed by atoms with Gasteiger partial charge in [-0.05, 0) is 19.8 Å². The third kappa shape index (κ3) is 3.32. The number of Topliss-reactive ketones (excluding diaryl/α,β-unsaturated/α-hetero) is 1. The number of ether oxygens (including phenoxy) is 1. The number of rotatable bonds is 3. The van der Waals surface area contributed by atoms with Gasteiger partial charge in [-0.2, -0.15) is 0 Å². The van der Waals surface area contributed by atoms with Crippen LogP contribution in [0.15, 0.2) is 0 Å². The number of amides is 1. The lowest BCUT2D eigenvalue weighted by Crippen LogP contribution is -2.40. The first-order valence-electron chi connectivity index (χ1n) is 5.39. The summed E-state index contributed by atoms with van der Waals surface area (Å²) < 4.78 is 4.43. The van der Waals surface area contributed by atoms with Crippen molar-refractivity contribution in [3.8, 4) is 0 Å². The van der Waals surface area contributed by atoms with Crippen LogP contribution in [0.3, 0.4) is 0 Å². The Labute approximate surface area is 94.7 Å². The predicted octanol–water partition coefficient (Wildman–Crippen LogP) is 0.377. The van der Waals surface area contributed by atoms with Gasteiger partial charge in [0.2, 0.25) is 5.91 Å². The van der Waals surface area contributed by atoms with E-state index in [1.165, 1.54) is 7.11 Å². The van der Waals surface area contributed by atoms with Crippen molar-refractivity contribution in [3.63, 3.8) is 0 Å². The van der Waals surface area contributed by atoms with Crippen molar-refractivity contribution in [2.75, 3.05) is 20.2 Å². The Morgan fingerprint density at radius 3 is 2.25 bits per heavy atom. The number of likely N-dealkylation sites (tertiary alicyclic amines) is 1. The minimum Gasteiger partial charge on any atom is -0.469 e. The van der Waals surface area contributed by atoms with Gasteiger partial charge in [0.15, 0.2) is 0 Å². The smallest absolute Gasteiger partial charge is 0.315 e. The molecule has 1 aliphatic heterocycles. The largest absolute Gasteiger partial charge is 0.469 e. The van der Waals surface area contributed by atoms with Gasteiger partial charge in [0.25, 0.3) is 0 Å². The van der Waals surface area contributed by atoms with Gasteiger partial charge in [-0.3, -0.25) is 14.4 Å².